The molecule has 0 spiro atoms. The normalized spacial score (nSPS) is 22.0. The summed E-state index contributed by atoms with van der Waals surface area (Å²) >= 11 is 0. The smallest absolute Gasteiger partial charge is 0.248 e. The van der Waals surface area contributed by atoms with Crippen molar-refractivity contribution < 1.29 is 44.6 Å². The number of ether oxygens (including phenoxy) is 1. The van der Waals surface area contributed by atoms with Crippen molar-refractivity contribution in [3.05, 3.63) is 23.2 Å². The second-order valence-electron chi connectivity index (χ2n) is 4.51. The van der Waals surface area contributed by atoms with Crippen LogP contribution in [0.3, 0.4) is 0 Å². The molecule has 1 fully saturated rings. The van der Waals surface area contributed by atoms with Crippen LogP contribution in [-0.4, -0.2) is 30.9 Å². The molecule has 114 valence electrons. The number of methoxy groups -OCH3 is 1. The van der Waals surface area contributed by atoms with Gasteiger partial charge in [-0.05, 0) is 25.0 Å². The molecule has 1 aliphatic heterocycles. The molecule has 1 aliphatic carbocycles. The number of rotatable bonds is 3. The third kappa shape index (κ3) is 4.24. The molecule has 2 aliphatic rings. The average molecular weight is 465 g/mol. The van der Waals surface area contributed by atoms with E-state index in [0.29, 0.717) is 5.76 Å². The minimum atomic E-state index is -0.808. The van der Waals surface area contributed by atoms with Crippen LogP contribution in [0.2, 0.25) is 0 Å². The molecule has 8 heteroatoms. The summed E-state index contributed by atoms with van der Waals surface area (Å²) < 4.78 is 18.3. The molecule has 1 saturated heterocycles. The Labute approximate surface area is 135 Å². The van der Waals surface area contributed by atoms with Crippen LogP contribution in [0.1, 0.15) is 25.7 Å². The second kappa shape index (κ2) is 7.50. The first-order valence-electron chi connectivity index (χ1n) is 6.21. The van der Waals surface area contributed by atoms with Gasteiger partial charge in [0.05, 0.1) is 13.2 Å². The van der Waals surface area contributed by atoms with Gasteiger partial charge in [-0.15, -0.1) is 6.08 Å². The fourth-order valence-electron chi connectivity index (χ4n) is 2.07. The third-order valence-corrected chi connectivity index (χ3v) is 3.13. The Kier molecular flexibility index (Phi) is 6.27. The van der Waals surface area contributed by atoms with Gasteiger partial charge >= 0.3 is 0 Å². The molecule has 0 aromatic carbocycles. The Bertz CT molecular complexity index is 530. The first-order valence-corrected chi connectivity index (χ1v) is 6.21. The number of amides is 3. The molecule has 1 unspecified atom stereocenters. The molecular formula is C13H14FN2O4W-. The quantitative estimate of drug-likeness (QED) is 0.463. The van der Waals surface area contributed by atoms with Gasteiger partial charge in [0.1, 0.15) is 5.91 Å². The molecular weight excluding hydrogens is 451 g/mol. The molecule has 6 nitrogen and oxygen atoms in total. The summed E-state index contributed by atoms with van der Waals surface area (Å²) in [6.45, 7) is 0. The van der Waals surface area contributed by atoms with Gasteiger partial charge in [-0.3, -0.25) is 14.9 Å². The number of hydrogen-bond donors (Lipinski definition) is 2. The van der Waals surface area contributed by atoms with Crippen LogP contribution in [0.4, 0.5) is 4.39 Å². The number of allylic oxidation sites excluding steroid dienone is 2. The predicted molar refractivity (Wildman–Crippen MR) is 65.4 cm³/mol. The number of piperidine rings is 1. The zero-order chi connectivity index (χ0) is 14.7. The van der Waals surface area contributed by atoms with E-state index in [2.05, 4.69) is 16.7 Å². The topological polar surface area (TPSA) is 84.5 Å². The summed E-state index contributed by atoms with van der Waals surface area (Å²) in [5.41, 5.74) is -0.0408. The van der Waals surface area contributed by atoms with Crippen molar-refractivity contribution in [3.8, 4) is 0 Å². The summed E-state index contributed by atoms with van der Waals surface area (Å²) in [6.07, 6.45) is 3.11. The zero-order valence-electron chi connectivity index (χ0n) is 11.3. The fourth-order valence-corrected chi connectivity index (χ4v) is 2.07. The van der Waals surface area contributed by atoms with E-state index in [1.54, 1.807) is 0 Å². The monoisotopic (exact) mass is 465 g/mol. The molecule has 3 amide bonds. The van der Waals surface area contributed by atoms with Crippen molar-refractivity contribution in [3.63, 3.8) is 0 Å². The Morgan fingerprint density at radius 3 is 2.71 bits per heavy atom. The fraction of sp³-hybridized carbons (Fsp3) is 0.462. The van der Waals surface area contributed by atoms with Crippen molar-refractivity contribution in [2.75, 3.05) is 7.11 Å². The van der Waals surface area contributed by atoms with Crippen molar-refractivity contribution in [2.45, 2.75) is 31.7 Å². The minimum absolute atomic E-state index is 0. The van der Waals surface area contributed by atoms with Gasteiger partial charge in [-0.25, -0.2) is 4.39 Å². The van der Waals surface area contributed by atoms with Crippen LogP contribution in [0.5, 0.6) is 0 Å². The molecule has 2 N–H and O–H groups in total. The first-order chi connectivity index (χ1) is 9.51. The summed E-state index contributed by atoms with van der Waals surface area (Å²) in [5, 5.41) is 4.59. The molecule has 21 heavy (non-hydrogen) atoms. The van der Waals surface area contributed by atoms with E-state index in [-0.39, 0.29) is 58.2 Å². The third-order valence-electron chi connectivity index (χ3n) is 3.13. The second-order valence-corrected chi connectivity index (χ2v) is 4.51. The molecule has 0 aromatic heterocycles. The molecule has 0 radical (unpaired) electrons. The van der Waals surface area contributed by atoms with Gasteiger partial charge < -0.3 is 14.8 Å². The molecule has 0 bridgehead atoms. The van der Waals surface area contributed by atoms with Gasteiger partial charge in [-0.2, -0.15) is 0 Å². The van der Waals surface area contributed by atoms with Gasteiger partial charge in [0.25, 0.3) is 0 Å². The van der Waals surface area contributed by atoms with Crippen LogP contribution in [0, 0.1) is 6.08 Å². The number of hydrogen-bond acceptors (Lipinski definition) is 4. The predicted octanol–water partition coefficient (Wildman–Crippen LogP) is 0.256. The Morgan fingerprint density at radius 2 is 2.10 bits per heavy atom. The summed E-state index contributed by atoms with van der Waals surface area (Å²) in [6, 6.07) is -0.808. The van der Waals surface area contributed by atoms with Crippen molar-refractivity contribution in [1.29, 1.82) is 0 Å². The number of carbonyl (C=O) groups is 3. The number of imide groups is 1. The van der Waals surface area contributed by atoms with Gasteiger partial charge in [-0.1, -0.05) is 5.57 Å². The SMILES string of the molecule is COC1=C(C(=O)NC2CCC(=O)NC2=O)[C-]=C(F)CC1.[W]. The summed E-state index contributed by atoms with van der Waals surface area (Å²) in [4.78, 5) is 34.6. The molecule has 1 atom stereocenters. The molecule has 1 heterocycles. The maximum absolute atomic E-state index is 13.2. The van der Waals surface area contributed by atoms with Crippen molar-refractivity contribution in [2.24, 2.45) is 0 Å². The zero-order valence-corrected chi connectivity index (χ0v) is 14.3. The Morgan fingerprint density at radius 1 is 1.38 bits per heavy atom. The first kappa shape index (κ1) is 17.6. The Balaban J connectivity index is 0.00000220. The van der Waals surface area contributed by atoms with Crippen molar-refractivity contribution >= 4 is 17.7 Å². The van der Waals surface area contributed by atoms with E-state index in [4.69, 9.17) is 4.74 Å². The van der Waals surface area contributed by atoms with E-state index >= 15 is 0 Å². The van der Waals surface area contributed by atoms with Crippen LogP contribution in [0.25, 0.3) is 0 Å². The summed E-state index contributed by atoms with van der Waals surface area (Å²) in [7, 11) is 1.39. The number of halogens is 1. The van der Waals surface area contributed by atoms with E-state index in [9.17, 15) is 18.8 Å². The van der Waals surface area contributed by atoms with E-state index < -0.39 is 23.7 Å². The molecule has 0 saturated carbocycles. The molecule has 0 aromatic rings. The largest absolute Gasteiger partial charge is 0.557 e. The van der Waals surface area contributed by atoms with Crippen molar-refractivity contribution in [1.82, 2.24) is 10.6 Å². The van der Waals surface area contributed by atoms with Gasteiger partial charge in [0.15, 0.2) is 0 Å². The average Bonchev–Trinajstić information content (AvgIpc) is 2.41. The van der Waals surface area contributed by atoms with E-state index in [0.717, 1.165) is 0 Å². The van der Waals surface area contributed by atoms with Gasteiger partial charge in [0.2, 0.25) is 11.8 Å². The van der Waals surface area contributed by atoms with Gasteiger partial charge in [0, 0.05) is 33.3 Å². The van der Waals surface area contributed by atoms with E-state index in [1.165, 1.54) is 7.11 Å². The maximum atomic E-state index is 13.2. The van der Waals surface area contributed by atoms with Crippen LogP contribution >= 0.6 is 0 Å². The standard InChI is InChI=1S/C13H14FN2O4.W/c1-20-10-4-2-7(14)6-8(10)12(18)15-9-3-5-11(17)16-13(9)19;/h9H,2-5H2,1H3,(H,15,18)(H,16,17,19);/q-1;. The maximum Gasteiger partial charge on any atom is 0.248 e. The van der Waals surface area contributed by atoms with Crippen LogP contribution < -0.4 is 10.6 Å². The molecule has 2 rings (SSSR count). The Hall–Kier alpha value is -1.49. The summed E-state index contributed by atoms with van der Waals surface area (Å²) in [5.74, 6) is -1.76. The minimum Gasteiger partial charge on any atom is -0.557 e. The van der Waals surface area contributed by atoms with Crippen LogP contribution in [-0.2, 0) is 40.2 Å². The van der Waals surface area contributed by atoms with E-state index in [1.807, 2.05) is 0 Å². The number of nitrogens with one attached hydrogen (secondary N) is 2. The van der Waals surface area contributed by atoms with Crippen LogP contribution in [0.15, 0.2) is 17.2 Å². The number of carbonyl (C=O) groups excluding carboxylic acids is 3.